The molecule has 1 fully saturated rings. The number of H-pyrrole nitrogens is 1. The van der Waals surface area contributed by atoms with Crippen molar-refractivity contribution in [2.75, 3.05) is 26.2 Å². The van der Waals surface area contributed by atoms with Gasteiger partial charge in [-0.3, -0.25) is 13.5 Å². The number of hydrogen-bond donors (Lipinski definition) is 1. The fourth-order valence-corrected chi connectivity index (χ4v) is 6.51. The standard InChI is InChI=1S/C27H30N4O3S/c1-17-7-2-5-14-34-22-16-18(10-13-30-11-3-4-12-30)15-21-24(22)29-23(26(32)28-21)19-8-6-9-20-25(19)35-31(17)27(20)33/h6,8-9,15-17H,2-5,7,10-14H2,1H3,(H,28,32). The summed E-state index contributed by atoms with van der Waals surface area (Å²) in [5.74, 6) is 0.722. The molecule has 182 valence electrons. The number of ether oxygens (including phenoxy) is 1. The number of rotatable bonds is 3. The highest BCUT2D eigenvalue weighted by atomic mass is 32.1. The summed E-state index contributed by atoms with van der Waals surface area (Å²) >= 11 is 1.44. The fraction of sp³-hybridized carbons (Fsp3) is 0.444. The zero-order valence-electron chi connectivity index (χ0n) is 20.0. The van der Waals surface area contributed by atoms with Gasteiger partial charge in [0, 0.05) is 18.2 Å². The highest BCUT2D eigenvalue weighted by molar-refractivity contribution is 7.14. The zero-order valence-corrected chi connectivity index (χ0v) is 20.8. The van der Waals surface area contributed by atoms with E-state index in [-0.39, 0.29) is 17.2 Å². The van der Waals surface area contributed by atoms with Crippen LogP contribution in [0.1, 0.15) is 50.6 Å². The Balaban J connectivity index is 1.50. The molecule has 8 heteroatoms. The second-order valence-corrected chi connectivity index (χ2v) is 10.8. The van der Waals surface area contributed by atoms with E-state index in [0.29, 0.717) is 34.3 Å². The lowest BCUT2D eigenvalue weighted by Gasteiger charge is -2.16. The first-order valence-corrected chi connectivity index (χ1v) is 13.4. The van der Waals surface area contributed by atoms with E-state index in [1.54, 1.807) is 0 Å². The molecule has 4 heterocycles. The maximum atomic E-state index is 13.3. The maximum Gasteiger partial charge on any atom is 0.275 e. The smallest absolute Gasteiger partial charge is 0.275 e. The highest BCUT2D eigenvalue weighted by Crippen LogP contribution is 2.33. The van der Waals surface area contributed by atoms with Crippen LogP contribution in [0.25, 0.3) is 32.4 Å². The van der Waals surface area contributed by atoms with E-state index < -0.39 is 0 Å². The van der Waals surface area contributed by atoms with Gasteiger partial charge in [0.15, 0.2) is 0 Å². The van der Waals surface area contributed by atoms with Crippen LogP contribution in [0.5, 0.6) is 5.75 Å². The van der Waals surface area contributed by atoms with Crippen LogP contribution in [0.4, 0.5) is 0 Å². The van der Waals surface area contributed by atoms with Gasteiger partial charge in [-0.15, -0.1) is 0 Å². The number of nitrogens with one attached hydrogen (secondary N) is 1. The molecular formula is C27H30N4O3S. The molecule has 0 saturated carbocycles. The predicted octanol–water partition coefficient (Wildman–Crippen LogP) is 4.73. The van der Waals surface area contributed by atoms with Crippen molar-refractivity contribution >= 4 is 32.7 Å². The number of hydrogen-bond acceptors (Lipinski definition) is 6. The lowest BCUT2D eigenvalue weighted by molar-refractivity contribution is 0.303. The average Bonchev–Trinajstić information content (AvgIpc) is 3.49. The Morgan fingerprint density at radius 2 is 2.00 bits per heavy atom. The van der Waals surface area contributed by atoms with Crippen molar-refractivity contribution in [3.63, 3.8) is 0 Å². The third-order valence-electron chi connectivity index (χ3n) is 7.30. The Labute approximate surface area is 207 Å². The van der Waals surface area contributed by atoms with E-state index in [1.165, 1.54) is 24.4 Å². The van der Waals surface area contributed by atoms with E-state index in [2.05, 4.69) is 22.9 Å². The number of aromatic amines is 1. The second-order valence-electron chi connectivity index (χ2n) is 9.80. The molecule has 6 rings (SSSR count). The molecule has 2 aliphatic rings. The molecule has 1 N–H and O–H groups in total. The third-order valence-corrected chi connectivity index (χ3v) is 8.65. The minimum absolute atomic E-state index is 0.00558. The Bertz CT molecular complexity index is 1510. The molecule has 1 saturated heterocycles. The van der Waals surface area contributed by atoms with Gasteiger partial charge < -0.3 is 14.6 Å². The molecule has 1 unspecified atom stereocenters. The summed E-state index contributed by atoms with van der Waals surface area (Å²) in [5, 5.41) is 0.643. The van der Waals surface area contributed by atoms with E-state index in [9.17, 15) is 9.59 Å². The summed E-state index contributed by atoms with van der Waals surface area (Å²) in [6.07, 6.45) is 6.22. The first-order valence-electron chi connectivity index (χ1n) is 12.7. The van der Waals surface area contributed by atoms with E-state index in [0.717, 1.165) is 61.3 Å². The number of benzene rings is 2. The monoisotopic (exact) mass is 490 g/mol. The van der Waals surface area contributed by atoms with Gasteiger partial charge in [0.1, 0.15) is 17.0 Å². The van der Waals surface area contributed by atoms with Gasteiger partial charge in [0.2, 0.25) is 0 Å². The highest BCUT2D eigenvalue weighted by Gasteiger charge is 2.20. The lowest BCUT2D eigenvalue weighted by Crippen LogP contribution is -2.22. The van der Waals surface area contributed by atoms with Gasteiger partial charge in [0.05, 0.1) is 22.2 Å². The molecular weight excluding hydrogens is 460 g/mol. The summed E-state index contributed by atoms with van der Waals surface area (Å²) in [6, 6.07) is 9.79. The van der Waals surface area contributed by atoms with Gasteiger partial charge in [-0.1, -0.05) is 23.7 Å². The van der Waals surface area contributed by atoms with Crippen molar-refractivity contribution in [1.82, 2.24) is 18.8 Å². The fourth-order valence-electron chi connectivity index (χ4n) is 5.33. The summed E-state index contributed by atoms with van der Waals surface area (Å²) < 4.78 is 8.92. The lowest BCUT2D eigenvalue weighted by atomic mass is 10.1. The molecule has 7 nitrogen and oxygen atoms in total. The summed E-state index contributed by atoms with van der Waals surface area (Å²) in [5.41, 5.74) is 3.30. The molecule has 2 aromatic carbocycles. The van der Waals surface area contributed by atoms with E-state index in [1.807, 2.05) is 28.2 Å². The topological polar surface area (TPSA) is 80.2 Å². The number of aromatic nitrogens is 3. The molecule has 0 radical (unpaired) electrons. The van der Waals surface area contributed by atoms with Crippen LogP contribution in [0.2, 0.25) is 0 Å². The van der Waals surface area contributed by atoms with Gasteiger partial charge in [-0.25, -0.2) is 4.98 Å². The molecule has 0 spiro atoms. The van der Waals surface area contributed by atoms with Crippen LogP contribution >= 0.6 is 11.5 Å². The van der Waals surface area contributed by atoms with Crippen LogP contribution in [0.15, 0.2) is 39.9 Å². The number of likely N-dealkylation sites (tertiary alicyclic amines) is 1. The predicted molar refractivity (Wildman–Crippen MR) is 141 cm³/mol. The SMILES string of the molecule is CC1CCCCOc2cc(CCN3CCCC3)cc3[nH]c(=O)c(nc23)-c2cccc3c(=O)n1sc23. The normalized spacial score (nSPS) is 18.9. The molecule has 0 amide bonds. The van der Waals surface area contributed by atoms with Crippen molar-refractivity contribution in [3.05, 3.63) is 56.6 Å². The Morgan fingerprint density at radius 3 is 2.86 bits per heavy atom. The van der Waals surface area contributed by atoms with Crippen molar-refractivity contribution in [1.29, 1.82) is 0 Å². The Morgan fingerprint density at radius 1 is 1.14 bits per heavy atom. The molecule has 1 atom stereocenters. The molecule has 0 aliphatic carbocycles. The second kappa shape index (κ2) is 9.24. The molecule has 4 bridgehead atoms. The van der Waals surface area contributed by atoms with Crippen LogP contribution < -0.4 is 15.9 Å². The average molecular weight is 491 g/mol. The van der Waals surface area contributed by atoms with Crippen molar-refractivity contribution in [3.8, 4) is 17.0 Å². The minimum Gasteiger partial charge on any atom is -0.491 e. The van der Waals surface area contributed by atoms with Gasteiger partial charge in [-0.05, 0) is 82.3 Å². The quantitative estimate of drug-likeness (QED) is 0.449. The van der Waals surface area contributed by atoms with Crippen molar-refractivity contribution in [2.45, 2.75) is 51.5 Å². The number of fused-ring (bicyclic) bond motifs is 3. The van der Waals surface area contributed by atoms with E-state index >= 15 is 0 Å². The van der Waals surface area contributed by atoms with Crippen LogP contribution in [0.3, 0.4) is 0 Å². The van der Waals surface area contributed by atoms with Crippen molar-refractivity contribution < 1.29 is 4.74 Å². The largest absolute Gasteiger partial charge is 0.491 e. The van der Waals surface area contributed by atoms with Crippen LogP contribution in [-0.4, -0.2) is 45.1 Å². The molecule has 4 aromatic rings. The number of nitrogens with zero attached hydrogens (tertiary/aromatic N) is 3. The first kappa shape index (κ1) is 22.5. The Hall–Kier alpha value is -2.97. The summed E-state index contributed by atoms with van der Waals surface area (Å²) in [6.45, 7) is 6.00. The third kappa shape index (κ3) is 4.19. The maximum absolute atomic E-state index is 13.3. The van der Waals surface area contributed by atoms with Crippen LogP contribution in [0, 0.1) is 0 Å². The molecule has 2 aliphatic heterocycles. The molecule has 35 heavy (non-hydrogen) atoms. The summed E-state index contributed by atoms with van der Waals surface area (Å²) in [7, 11) is 0. The Kier molecular flexibility index (Phi) is 5.94. The minimum atomic E-state index is -0.250. The first-order chi connectivity index (χ1) is 17.1. The van der Waals surface area contributed by atoms with Crippen LogP contribution in [-0.2, 0) is 6.42 Å². The van der Waals surface area contributed by atoms with E-state index in [4.69, 9.17) is 9.72 Å². The van der Waals surface area contributed by atoms with Gasteiger partial charge in [0.25, 0.3) is 11.1 Å². The van der Waals surface area contributed by atoms with Gasteiger partial charge >= 0.3 is 0 Å². The zero-order chi connectivity index (χ0) is 23.9. The summed E-state index contributed by atoms with van der Waals surface area (Å²) in [4.78, 5) is 36.8. The van der Waals surface area contributed by atoms with Crippen molar-refractivity contribution in [2.24, 2.45) is 0 Å². The van der Waals surface area contributed by atoms with Gasteiger partial charge in [-0.2, -0.15) is 0 Å². The molecule has 2 aromatic heterocycles.